The summed E-state index contributed by atoms with van der Waals surface area (Å²) in [6.07, 6.45) is 0. The molecule has 0 aliphatic heterocycles. The molecule has 0 saturated carbocycles. The molecule has 1 unspecified atom stereocenters. The van der Waals surface area contributed by atoms with Crippen LogP contribution in [0.3, 0.4) is 0 Å². The fraction of sp³-hybridized carbons (Fsp3) is 0.273. The summed E-state index contributed by atoms with van der Waals surface area (Å²) in [5.74, 6) is -0.0704. The quantitative estimate of drug-likeness (QED) is 0.363. The van der Waals surface area contributed by atoms with Crippen molar-refractivity contribution < 1.29 is 14.3 Å². The average Bonchev–Trinajstić information content (AvgIpc) is 2.26. The molecule has 0 radical (unpaired) electrons. The van der Waals surface area contributed by atoms with Crippen molar-refractivity contribution in [3.63, 3.8) is 0 Å². The fourth-order valence-corrected chi connectivity index (χ4v) is 1.69. The molecule has 1 atom stereocenters. The Kier molecular flexibility index (Phi) is 5.15. The maximum Gasteiger partial charge on any atom is 0.308 e. The number of esters is 1. The lowest BCUT2D eigenvalue weighted by molar-refractivity contribution is -0.131. The number of carbonyl (C=O) groups is 2. The summed E-state index contributed by atoms with van der Waals surface area (Å²) in [5.41, 5.74) is 0.514. The number of halogens is 2. The van der Waals surface area contributed by atoms with Crippen LogP contribution in [0.2, 0.25) is 0 Å². The van der Waals surface area contributed by atoms with Crippen LogP contribution in [0.5, 0.6) is 5.75 Å². The van der Waals surface area contributed by atoms with E-state index in [1.54, 1.807) is 24.3 Å². The van der Waals surface area contributed by atoms with Gasteiger partial charge in [0.1, 0.15) is 5.75 Å². The molecule has 1 aromatic rings. The summed E-state index contributed by atoms with van der Waals surface area (Å²) in [6.45, 7) is 1.32. The zero-order valence-electron chi connectivity index (χ0n) is 8.57. The molecular weight excluding hydrogens is 340 g/mol. The van der Waals surface area contributed by atoms with Crippen LogP contribution in [0.4, 0.5) is 0 Å². The average molecular weight is 350 g/mol. The third-order valence-corrected chi connectivity index (χ3v) is 4.06. The first-order valence-electron chi connectivity index (χ1n) is 4.57. The first kappa shape index (κ1) is 13.4. The molecule has 0 bridgehead atoms. The predicted octanol–water partition coefficient (Wildman–Crippen LogP) is 2.95. The van der Waals surface area contributed by atoms with E-state index in [0.29, 0.717) is 16.6 Å². The van der Waals surface area contributed by atoms with E-state index >= 15 is 0 Å². The number of ether oxygens (including phenoxy) is 1. The van der Waals surface area contributed by atoms with Gasteiger partial charge in [-0.2, -0.15) is 0 Å². The molecular formula is C11H10Br2O3. The van der Waals surface area contributed by atoms with Crippen LogP contribution in [0.15, 0.2) is 24.3 Å². The summed E-state index contributed by atoms with van der Waals surface area (Å²) >= 11 is 6.47. The molecule has 0 spiro atoms. The van der Waals surface area contributed by atoms with Gasteiger partial charge in [-0.05, 0) is 12.1 Å². The number of hydrogen-bond donors (Lipinski definition) is 0. The van der Waals surface area contributed by atoms with E-state index in [1.165, 1.54) is 6.92 Å². The minimum atomic E-state index is -0.402. The van der Waals surface area contributed by atoms with E-state index in [0.717, 1.165) is 0 Å². The molecule has 86 valence electrons. The molecule has 0 aliphatic rings. The Morgan fingerprint density at radius 1 is 1.44 bits per heavy atom. The number of hydrogen-bond acceptors (Lipinski definition) is 3. The molecule has 0 saturated heterocycles. The van der Waals surface area contributed by atoms with Crippen LogP contribution in [0.1, 0.15) is 17.3 Å². The van der Waals surface area contributed by atoms with Crippen molar-refractivity contribution in [2.45, 2.75) is 11.8 Å². The minimum absolute atomic E-state index is 0.0501. The zero-order chi connectivity index (χ0) is 12.1. The number of ketones is 1. The minimum Gasteiger partial charge on any atom is -0.427 e. The Hall–Kier alpha value is -0.680. The summed E-state index contributed by atoms with van der Waals surface area (Å²) in [6, 6.07) is 6.56. The fourth-order valence-electron chi connectivity index (χ4n) is 1.13. The predicted molar refractivity (Wildman–Crippen MR) is 68.6 cm³/mol. The van der Waals surface area contributed by atoms with E-state index < -0.39 is 5.97 Å². The number of rotatable bonds is 4. The van der Waals surface area contributed by atoms with Crippen molar-refractivity contribution in [3.8, 4) is 5.75 Å². The van der Waals surface area contributed by atoms with Crippen molar-refractivity contribution in [3.05, 3.63) is 29.8 Å². The summed E-state index contributed by atoms with van der Waals surface area (Å²) < 4.78 is 4.90. The molecule has 1 rings (SSSR count). The van der Waals surface area contributed by atoms with Crippen molar-refractivity contribution >= 4 is 43.6 Å². The molecule has 0 heterocycles. The van der Waals surface area contributed by atoms with E-state index in [2.05, 4.69) is 31.9 Å². The van der Waals surface area contributed by atoms with Crippen LogP contribution < -0.4 is 4.74 Å². The third-order valence-electron chi connectivity index (χ3n) is 1.80. The maximum absolute atomic E-state index is 11.8. The number of alkyl halides is 2. The highest BCUT2D eigenvalue weighted by Crippen LogP contribution is 2.18. The Morgan fingerprint density at radius 3 is 2.69 bits per heavy atom. The summed E-state index contributed by atoms with van der Waals surface area (Å²) in [4.78, 5) is 22.3. The van der Waals surface area contributed by atoms with Crippen molar-refractivity contribution in [2.24, 2.45) is 0 Å². The van der Waals surface area contributed by atoms with Crippen LogP contribution in [0.25, 0.3) is 0 Å². The van der Waals surface area contributed by atoms with Gasteiger partial charge in [0.15, 0.2) is 5.78 Å². The number of carbonyl (C=O) groups excluding carboxylic acids is 2. The molecule has 16 heavy (non-hydrogen) atoms. The van der Waals surface area contributed by atoms with E-state index in [1.807, 2.05) is 0 Å². The highest BCUT2D eigenvalue weighted by molar-refractivity contribution is 9.12. The molecule has 3 nitrogen and oxygen atoms in total. The van der Waals surface area contributed by atoms with E-state index in [4.69, 9.17) is 4.74 Å². The van der Waals surface area contributed by atoms with Crippen LogP contribution in [0, 0.1) is 0 Å². The molecule has 0 fully saturated rings. The highest BCUT2D eigenvalue weighted by Gasteiger charge is 2.16. The van der Waals surface area contributed by atoms with Gasteiger partial charge in [-0.15, -0.1) is 0 Å². The standard InChI is InChI=1S/C11H10Br2O3/c1-7(14)16-9-4-2-3-8(5-9)11(15)10(13)6-12/h2-5,10H,6H2,1H3. The normalized spacial score (nSPS) is 11.9. The monoisotopic (exact) mass is 348 g/mol. The lowest BCUT2D eigenvalue weighted by Gasteiger charge is -2.06. The molecule has 0 N–H and O–H groups in total. The topological polar surface area (TPSA) is 43.4 Å². The van der Waals surface area contributed by atoms with Gasteiger partial charge < -0.3 is 4.74 Å². The third kappa shape index (κ3) is 3.72. The van der Waals surface area contributed by atoms with Crippen LogP contribution in [-0.2, 0) is 4.79 Å². The van der Waals surface area contributed by atoms with Gasteiger partial charge in [-0.3, -0.25) is 9.59 Å². The van der Waals surface area contributed by atoms with E-state index in [9.17, 15) is 9.59 Å². The van der Waals surface area contributed by atoms with Gasteiger partial charge in [-0.25, -0.2) is 0 Å². The summed E-state index contributed by atoms with van der Waals surface area (Å²) in [7, 11) is 0. The molecule has 0 aromatic heterocycles. The molecule has 0 aliphatic carbocycles. The van der Waals surface area contributed by atoms with Crippen molar-refractivity contribution in [1.29, 1.82) is 0 Å². The first-order chi connectivity index (χ1) is 7.54. The SMILES string of the molecule is CC(=O)Oc1cccc(C(=O)C(Br)CBr)c1. The molecule has 1 aromatic carbocycles. The van der Waals surface area contributed by atoms with Gasteiger partial charge in [0, 0.05) is 17.8 Å². The number of Topliss-reactive ketones (excluding diaryl/α,β-unsaturated/α-hetero) is 1. The van der Waals surface area contributed by atoms with Gasteiger partial charge in [0.2, 0.25) is 0 Å². The van der Waals surface area contributed by atoms with E-state index in [-0.39, 0.29) is 10.6 Å². The Bertz CT molecular complexity index is 404. The zero-order valence-corrected chi connectivity index (χ0v) is 11.7. The maximum atomic E-state index is 11.8. The van der Waals surface area contributed by atoms with Crippen molar-refractivity contribution in [1.82, 2.24) is 0 Å². The van der Waals surface area contributed by atoms with Crippen LogP contribution in [-0.4, -0.2) is 21.9 Å². The van der Waals surface area contributed by atoms with Gasteiger partial charge in [0.05, 0.1) is 4.83 Å². The Labute approximate surface area is 110 Å². The van der Waals surface area contributed by atoms with Crippen LogP contribution >= 0.6 is 31.9 Å². The lowest BCUT2D eigenvalue weighted by Crippen LogP contribution is -2.15. The second-order valence-electron chi connectivity index (χ2n) is 3.11. The second-order valence-corrected chi connectivity index (χ2v) is 4.86. The largest absolute Gasteiger partial charge is 0.427 e. The smallest absolute Gasteiger partial charge is 0.308 e. The lowest BCUT2D eigenvalue weighted by atomic mass is 10.1. The second kappa shape index (κ2) is 6.15. The summed E-state index contributed by atoms with van der Waals surface area (Å²) in [5, 5.41) is 0.531. The Balaban J connectivity index is 2.89. The first-order valence-corrected chi connectivity index (χ1v) is 6.61. The van der Waals surface area contributed by atoms with Crippen molar-refractivity contribution in [2.75, 3.05) is 5.33 Å². The highest BCUT2D eigenvalue weighted by atomic mass is 79.9. The molecule has 0 amide bonds. The molecule has 5 heteroatoms. The van der Waals surface area contributed by atoms with Gasteiger partial charge in [0.25, 0.3) is 0 Å². The van der Waals surface area contributed by atoms with Gasteiger partial charge >= 0.3 is 5.97 Å². The number of benzene rings is 1. The Morgan fingerprint density at radius 2 is 2.12 bits per heavy atom. The van der Waals surface area contributed by atoms with Gasteiger partial charge in [-0.1, -0.05) is 44.0 Å².